The summed E-state index contributed by atoms with van der Waals surface area (Å²) in [7, 11) is 1.60. The van der Waals surface area contributed by atoms with Gasteiger partial charge in [0, 0.05) is 28.4 Å². The van der Waals surface area contributed by atoms with E-state index in [9.17, 15) is 9.59 Å². The molecule has 1 heterocycles. The van der Waals surface area contributed by atoms with Gasteiger partial charge in [-0.15, -0.1) is 0 Å². The van der Waals surface area contributed by atoms with Gasteiger partial charge in [-0.3, -0.25) is 19.5 Å². The van der Waals surface area contributed by atoms with E-state index in [1.165, 1.54) is 0 Å². The zero-order valence-corrected chi connectivity index (χ0v) is 23.2. The van der Waals surface area contributed by atoms with Gasteiger partial charge in [-0.1, -0.05) is 54.8 Å². The van der Waals surface area contributed by atoms with Gasteiger partial charge < -0.3 is 10.1 Å². The lowest BCUT2D eigenvalue weighted by Gasteiger charge is -2.33. The number of hydrogen-bond acceptors (Lipinski definition) is 4. The summed E-state index contributed by atoms with van der Waals surface area (Å²) in [5.41, 5.74) is 4.18. The number of rotatable bonds is 7. The molecule has 1 unspecified atom stereocenters. The number of pyridine rings is 1. The van der Waals surface area contributed by atoms with E-state index in [4.69, 9.17) is 16.3 Å². The van der Waals surface area contributed by atoms with Crippen molar-refractivity contribution in [2.24, 2.45) is 0 Å². The van der Waals surface area contributed by atoms with Crippen LogP contribution in [0.4, 0.5) is 5.69 Å². The molecule has 200 valence electrons. The summed E-state index contributed by atoms with van der Waals surface area (Å²) in [5.74, 6) is 0.166. The Kier molecular flexibility index (Phi) is 7.84. The molecule has 1 aliphatic carbocycles. The van der Waals surface area contributed by atoms with E-state index in [1.807, 2.05) is 62.4 Å². The quantitative estimate of drug-likeness (QED) is 0.274. The molecule has 7 heteroatoms. The Morgan fingerprint density at radius 2 is 1.72 bits per heavy atom. The minimum absolute atomic E-state index is 0.0980. The Balaban J connectivity index is 1.65. The maximum Gasteiger partial charge on any atom is 0.259 e. The Bertz CT molecular complexity index is 1510. The Morgan fingerprint density at radius 1 is 1.00 bits per heavy atom. The van der Waals surface area contributed by atoms with Crippen LogP contribution in [-0.2, 0) is 4.79 Å². The minimum atomic E-state index is -0.896. The molecule has 39 heavy (non-hydrogen) atoms. The number of nitrogens with zero attached hydrogens (tertiary/aromatic N) is 2. The molecule has 1 fully saturated rings. The van der Waals surface area contributed by atoms with Gasteiger partial charge >= 0.3 is 0 Å². The number of benzene rings is 3. The zero-order valence-electron chi connectivity index (χ0n) is 22.4. The van der Waals surface area contributed by atoms with E-state index in [1.54, 1.807) is 36.3 Å². The van der Waals surface area contributed by atoms with Crippen molar-refractivity contribution < 1.29 is 14.3 Å². The number of amides is 2. The molecule has 1 atom stereocenters. The third-order valence-electron chi connectivity index (χ3n) is 7.37. The lowest BCUT2D eigenvalue weighted by Crippen LogP contribution is -2.46. The maximum absolute atomic E-state index is 14.5. The topological polar surface area (TPSA) is 71.5 Å². The molecule has 0 spiro atoms. The number of aryl methyl sites for hydroxylation is 2. The second-order valence-corrected chi connectivity index (χ2v) is 10.5. The van der Waals surface area contributed by atoms with Gasteiger partial charge in [-0.25, -0.2) is 0 Å². The monoisotopic (exact) mass is 541 g/mol. The van der Waals surface area contributed by atoms with Gasteiger partial charge in [-0.2, -0.15) is 0 Å². The lowest BCUT2D eigenvalue weighted by molar-refractivity contribution is -0.123. The fourth-order valence-electron chi connectivity index (χ4n) is 5.33. The fourth-order valence-corrected chi connectivity index (χ4v) is 5.64. The molecular formula is C32H32ClN3O3. The van der Waals surface area contributed by atoms with Gasteiger partial charge in [0.15, 0.2) is 0 Å². The van der Waals surface area contributed by atoms with Crippen molar-refractivity contribution in [2.75, 3.05) is 12.0 Å². The highest BCUT2D eigenvalue weighted by atomic mass is 35.5. The average molecular weight is 542 g/mol. The summed E-state index contributed by atoms with van der Waals surface area (Å²) in [6.45, 7) is 3.83. The summed E-state index contributed by atoms with van der Waals surface area (Å²) >= 11 is 6.55. The van der Waals surface area contributed by atoms with Crippen molar-refractivity contribution in [3.05, 3.63) is 100 Å². The van der Waals surface area contributed by atoms with Crippen LogP contribution in [0.1, 0.15) is 58.9 Å². The van der Waals surface area contributed by atoms with E-state index in [0.717, 1.165) is 36.9 Å². The molecule has 6 nitrogen and oxygen atoms in total. The molecule has 1 N–H and O–H groups in total. The van der Waals surface area contributed by atoms with Gasteiger partial charge in [0.1, 0.15) is 11.8 Å². The first-order valence-electron chi connectivity index (χ1n) is 13.3. The minimum Gasteiger partial charge on any atom is -0.497 e. The highest BCUT2D eigenvalue weighted by Crippen LogP contribution is 2.34. The van der Waals surface area contributed by atoms with Crippen LogP contribution in [0, 0.1) is 13.8 Å². The third-order valence-corrected chi connectivity index (χ3v) is 7.68. The largest absolute Gasteiger partial charge is 0.497 e. The Hall–Kier alpha value is -3.90. The maximum atomic E-state index is 14.5. The SMILES string of the molecule is COc1ccc(C(C(=O)NC2CCCC2)N(C(=O)c2ccc3nc(C)cc(Cl)c3c2)c2ccccc2C)cc1. The number of aromatic nitrogens is 1. The zero-order chi connectivity index (χ0) is 27.5. The second kappa shape index (κ2) is 11.5. The van der Waals surface area contributed by atoms with Crippen molar-refractivity contribution in [3.63, 3.8) is 0 Å². The van der Waals surface area contributed by atoms with Crippen molar-refractivity contribution in [2.45, 2.75) is 51.6 Å². The van der Waals surface area contributed by atoms with Gasteiger partial charge in [-0.05, 0) is 80.3 Å². The van der Waals surface area contributed by atoms with Crippen LogP contribution >= 0.6 is 11.6 Å². The summed E-state index contributed by atoms with van der Waals surface area (Å²) in [6.07, 6.45) is 4.05. The highest BCUT2D eigenvalue weighted by molar-refractivity contribution is 6.35. The number of carbonyl (C=O) groups excluding carboxylic acids is 2. The summed E-state index contributed by atoms with van der Waals surface area (Å²) < 4.78 is 5.36. The summed E-state index contributed by atoms with van der Waals surface area (Å²) in [6, 6.07) is 21.3. The highest BCUT2D eigenvalue weighted by Gasteiger charge is 2.35. The number of carbonyl (C=O) groups is 2. The first-order chi connectivity index (χ1) is 18.9. The van der Waals surface area contributed by atoms with Gasteiger partial charge in [0.2, 0.25) is 5.91 Å². The molecule has 3 aromatic carbocycles. The Morgan fingerprint density at radius 3 is 2.41 bits per heavy atom. The summed E-state index contributed by atoms with van der Waals surface area (Å²) in [4.78, 5) is 34.7. The van der Waals surface area contributed by atoms with Crippen LogP contribution in [0.5, 0.6) is 5.75 Å². The predicted octanol–water partition coefficient (Wildman–Crippen LogP) is 6.96. The molecule has 1 aliphatic rings. The molecule has 0 bridgehead atoms. The standard InChI is InChI=1S/C32H32ClN3O3/c1-20-8-4-7-11-29(20)36(32(38)23-14-17-28-26(19-23)27(33)18-21(2)34-28)30(22-12-15-25(39-3)16-13-22)31(37)35-24-9-5-6-10-24/h4,7-8,11-19,24,30H,5-6,9-10H2,1-3H3,(H,35,37). The van der Waals surface area contributed by atoms with Crippen LogP contribution in [0.2, 0.25) is 5.02 Å². The second-order valence-electron chi connectivity index (χ2n) is 10.1. The molecule has 0 aliphatic heterocycles. The molecule has 1 aromatic heterocycles. The number of fused-ring (bicyclic) bond motifs is 1. The predicted molar refractivity (Wildman–Crippen MR) is 156 cm³/mol. The van der Waals surface area contributed by atoms with Gasteiger partial charge in [0.25, 0.3) is 5.91 Å². The Labute approximate surface area is 234 Å². The fraction of sp³-hybridized carbons (Fsp3) is 0.281. The van der Waals surface area contributed by atoms with E-state index >= 15 is 0 Å². The number of anilines is 1. The van der Waals surface area contributed by atoms with Crippen molar-refractivity contribution in [1.29, 1.82) is 0 Å². The van der Waals surface area contributed by atoms with Crippen LogP contribution in [0.25, 0.3) is 10.9 Å². The summed E-state index contributed by atoms with van der Waals surface area (Å²) in [5, 5.41) is 4.45. The van der Waals surface area contributed by atoms with Crippen molar-refractivity contribution in [3.8, 4) is 5.75 Å². The number of methoxy groups -OCH3 is 1. The van der Waals surface area contributed by atoms with Crippen LogP contribution in [0.15, 0.2) is 72.8 Å². The van der Waals surface area contributed by atoms with E-state index < -0.39 is 6.04 Å². The molecule has 1 saturated carbocycles. The first-order valence-corrected chi connectivity index (χ1v) is 13.6. The molecule has 2 amide bonds. The van der Waals surface area contributed by atoms with Crippen molar-refractivity contribution in [1.82, 2.24) is 10.3 Å². The third kappa shape index (κ3) is 5.62. The number of nitrogens with one attached hydrogen (secondary N) is 1. The molecule has 4 aromatic rings. The number of para-hydroxylation sites is 1. The normalized spacial score (nSPS) is 14.3. The number of ether oxygens (including phenoxy) is 1. The van der Waals surface area contributed by atoms with Crippen molar-refractivity contribution >= 4 is 40.0 Å². The molecule has 5 rings (SSSR count). The molecule has 0 saturated heterocycles. The number of halogens is 1. The lowest BCUT2D eigenvalue weighted by atomic mass is 9.99. The van der Waals surface area contributed by atoms with Crippen LogP contribution in [0.3, 0.4) is 0 Å². The smallest absolute Gasteiger partial charge is 0.259 e. The van der Waals surface area contributed by atoms with E-state index in [-0.39, 0.29) is 17.9 Å². The average Bonchev–Trinajstić information content (AvgIpc) is 3.45. The molecule has 0 radical (unpaired) electrons. The first kappa shape index (κ1) is 26.7. The van der Waals surface area contributed by atoms with E-state index in [2.05, 4.69) is 10.3 Å². The molecular weight excluding hydrogens is 510 g/mol. The van der Waals surface area contributed by atoms with E-state index in [0.29, 0.717) is 38.5 Å². The van der Waals surface area contributed by atoms with Gasteiger partial charge in [0.05, 0.1) is 17.6 Å². The number of hydrogen-bond donors (Lipinski definition) is 1. The van der Waals surface area contributed by atoms with Crippen LogP contribution < -0.4 is 15.0 Å². The van der Waals surface area contributed by atoms with Crippen LogP contribution in [-0.4, -0.2) is 29.9 Å².